The summed E-state index contributed by atoms with van der Waals surface area (Å²) in [6, 6.07) is 9.34. The molecule has 0 aliphatic heterocycles. The number of amides is 1. The molecule has 0 spiro atoms. The average molecular weight is 272 g/mol. The number of benzene rings is 2. The van der Waals surface area contributed by atoms with Gasteiger partial charge in [0.1, 0.15) is 11.5 Å². The monoisotopic (exact) mass is 272 g/mol. The minimum atomic E-state index is -0.413. The standard InChI is InChI=1S/C15H16N2O3/c1-9-10(3-2-4-13(9)16)8-17-15(20)12-6-5-11(18)7-14(12)19/h2-7,18-19H,8,16H2,1H3,(H,17,20). The van der Waals surface area contributed by atoms with Crippen molar-refractivity contribution in [2.75, 3.05) is 5.73 Å². The van der Waals surface area contributed by atoms with Gasteiger partial charge >= 0.3 is 0 Å². The Labute approximate surface area is 116 Å². The first-order chi connectivity index (χ1) is 9.49. The van der Waals surface area contributed by atoms with E-state index in [2.05, 4.69) is 5.32 Å². The molecule has 2 aromatic rings. The summed E-state index contributed by atoms with van der Waals surface area (Å²) in [5.41, 5.74) is 8.42. The van der Waals surface area contributed by atoms with Crippen molar-refractivity contribution in [2.24, 2.45) is 0 Å². The number of phenols is 2. The van der Waals surface area contributed by atoms with Crippen LogP contribution in [0.5, 0.6) is 11.5 Å². The third-order valence-electron chi connectivity index (χ3n) is 3.15. The molecule has 5 nitrogen and oxygen atoms in total. The zero-order chi connectivity index (χ0) is 14.7. The number of anilines is 1. The molecule has 104 valence electrons. The van der Waals surface area contributed by atoms with E-state index >= 15 is 0 Å². The van der Waals surface area contributed by atoms with Crippen molar-refractivity contribution >= 4 is 11.6 Å². The highest BCUT2D eigenvalue weighted by molar-refractivity contribution is 5.96. The molecule has 2 aromatic carbocycles. The number of nitrogen functional groups attached to an aromatic ring is 1. The largest absolute Gasteiger partial charge is 0.508 e. The van der Waals surface area contributed by atoms with Crippen LogP contribution in [0.25, 0.3) is 0 Å². The Kier molecular flexibility index (Phi) is 3.79. The SMILES string of the molecule is Cc1c(N)cccc1CNC(=O)c1ccc(O)cc1O. The molecule has 0 atom stereocenters. The summed E-state index contributed by atoms with van der Waals surface area (Å²) >= 11 is 0. The van der Waals surface area contributed by atoms with E-state index in [1.807, 2.05) is 19.1 Å². The van der Waals surface area contributed by atoms with Gasteiger partial charge in [0.15, 0.2) is 0 Å². The molecule has 0 fully saturated rings. The molecule has 0 radical (unpaired) electrons. The predicted molar refractivity (Wildman–Crippen MR) is 76.5 cm³/mol. The average Bonchev–Trinajstić information content (AvgIpc) is 2.40. The van der Waals surface area contributed by atoms with Crippen LogP contribution in [0.15, 0.2) is 36.4 Å². The van der Waals surface area contributed by atoms with Crippen LogP contribution in [0.1, 0.15) is 21.5 Å². The molecule has 0 unspecified atom stereocenters. The third kappa shape index (κ3) is 2.83. The zero-order valence-corrected chi connectivity index (χ0v) is 11.1. The smallest absolute Gasteiger partial charge is 0.255 e. The first kappa shape index (κ1) is 13.7. The van der Waals surface area contributed by atoms with Crippen molar-refractivity contribution in [3.8, 4) is 11.5 Å². The summed E-state index contributed by atoms with van der Waals surface area (Å²) in [6.45, 7) is 2.20. The van der Waals surface area contributed by atoms with Crippen molar-refractivity contribution in [3.05, 3.63) is 53.1 Å². The molecule has 20 heavy (non-hydrogen) atoms. The molecule has 0 bridgehead atoms. The lowest BCUT2D eigenvalue weighted by Crippen LogP contribution is -2.23. The number of nitrogens with one attached hydrogen (secondary N) is 1. The highest BCUT2D eigenvalue weighted by Gasteiger charge is 2.12. The number of carbonyl (C=O) groups is 1. The zero-order valence-electron chi connectivity index (χ0n) is 11.1. The first-order valence-electron chi connectivity index (χ1n) is 6.13. The molecule has 0 saturated heterocycles. The molecule has 5 N–H and O–H groups in total. The van der Waals surface area contributed by atoms with Crippen LogP contribution in [0, 0.1) is 6.92 Å². The van der Waals surface area contributed by atoms with Gasteiger partial charge in [0, 0.05) is 18.3 Å². The second-order valence-corrected chi connectivity index (χ2v) is 4.52. The fourth-order valence-electron chi connectivity index (χ4n) is 1.88. The number of aromatic hydroxyl groups is 2. The topological polar surface area (TPSA) is 95.6 Å². The third-order valence-corrected chi connectivity index (χ3v) is 3.15. The lowest BCUT2D eigenvalue weighted by Gasteiger charge is -2.10. The highest BCUT2D eigenvalue weighted by atomic mass is 16.3. The van der Waals surface area contributed by atoms with E-state index in [4.69, 9.17) is 5.73 Å². The number of phenolic OH excluding ortho intramolecular Hbond substituents is 2. The molecule has 0 aliphatic rings. The summed E-state index contributed by atoms with van der Waals surface area (Å²) in [4.78, 5) is 12.0. The molecule has 0 heterocycles. The number of rotatable bonds is 3. The van der Waals surface area contributed by atoms with E-state index in [0.717, 1.165) is 17.2 Å². The summed E-state index contributed by atoms with van der Waals surface area (Å²) in [5, 5.41) is 21.5. The van der Waals surface area contributed by atoms with Gasteiger partial charge in [-0.1, -0.05) is 12.1 Å². The van der Waals surface area contributed by atoms with Crippen molar-refractivity contribution in [3.63, 3.8) is 0 Å². The number of hydrogen-bond acceptors (Lipinski definition) is 4. The first-order valence-corrected chi connectivity index (χ1v) is 6.13. The molecule has 1 amide bonds. The van der Waals surface area contributed by atoms with Crippen LogP contribution in [0.2, 0.25) is 0 Å². The van der Waals surface area contributed by atoms with Gasteiger partial charge in [-0.05, 0) is 36.2 Å². The number of carbonyl (C=O) groups excluding carboxylic acids is 1. The number of nitrogens with two attached hydrogens (primary N) is 1. The van der Waals surface area contributed by atoms with Crippen molar-refractivity contribution in [1.29, 1.82) is 0 Å². The molecule has 0 saturated carbocycles. The summed E-state index contributed by atoms with van der Waals surface area (Å²) < 4.78 is 0. The van der Waals surface area contributed by atoms with Crippen molar-refractivity contribution < 1.29 is 15.0 Å². The molecule has 5 heteroatoms. The Morgan fingerprint density at radius 1 is 1.25 bits per heavy atom. The Morgan fingerprint density at radius 2 is 2.00 bits per heavy atom. The van der Waals surface area contributed by atoms with Gasteiger partial charge in [0.25, 0.3) is 5.91 Å². The van der Waals surface area contributed by atoms with Crippen LogP contribution < -0.4 is 11.1 Å². The fourth-order valence-corrected chi connectivity index (χ4v) is 1.88. The molecule has 2 rings (SSSR count). The highest BCUT2D eigenvalue weighted by Crippen LogP contribution is 2.22. The van der Waals surface area contributed by atoms with Gasteiger partial charge in [0.2, 0.25) is 0 Å². The van der Waals surface area contributed by atoms with Crippen LogP contribution in [0.3, 0.4) is 0 Å². The van der Waals surface area contributed by atoms with Gasteiger partial charge in [-0.2, -0.15) is 0 Å². The van der Waals surface area contributed by atoms with Gasteiger partial charge in [-0.25, -0.2) is 0 Å². The minimum Gasteiger partial charge on any atom is -0.508 e. The lowest BCUT2D eigenvalue weighted by molar-refractivity contribution is 0.0948. The second kappa shape index (κ2) is 5.52. The van der Waals surface area contributed by atoms with E-state index in [-0.39, 0.29) is 17.1 Å². The maximum atomic E-state index is 12.0. The van der Waals surface area contributed by atoms with Gasteiger partial charge in [-0.3, -0.25) is 4.79 Å². The summed E-state index contributed by atoms with van der Waals surface area (Å²) in [5.74, 6) is -0.762. The molecular weight excluding hydrogens is 256 g/mol. The van der Waals surface area contributed by atoms with E-state index < -0.39 is 5.91 Å². The Bertz CT molecular complexity index is 654. The normalized spacial score (nSPS) is 10.2. The Hall–Kier alpha value is -2.69. The van der Waals surface area contributed by atoms with Crippen molar-refractivity contribution in [2.45, 2.75) is 13.5 Å². The van der Waals surface area contributed by atoms with Crippen molar-refractivity contribution in [1.82, 2.24) is 5.32 Å². The quantitative estimate of drug-likeness (QED) is 0.642. The maximum Gasteiger partial charge on any atom is 0.255 e. The second-order valence-electron chi connectivity index (χ2n) is 4.52. The van der Waals surface area contributed by atoms with Crippen LogP contribution in [0.4, 0.5) is 5.69 Å². The van der Waals surface area contributed by atoms with Crippen LogP contribution in [-0.4, -0.2) is 16.1 Å². The Balaban J connectivity index is 2.11. The maximum absolute atomic E-state index is 12.0. The molecule has 0 aliphatic carbocycles. The summed E-state index contributed by atoms with van der Waals surface area (Å²) in [7, 11) is 0. The van der Waals surface area contributed by atoms with Crippen LogP contribution >= 0.6 is 0 Å². The molecular formula is C15H16N2O3. The van der Waals surface area contributed by atoms with Crippen LogP contribution in [-0.2, 0) is 6.54 Å². The van der Waals surface area contributed by atoms with E-state index in [9.17, 15) is 15.0 Å². The lowest BCUT2D eigenvalue weighted by atomic mass is 10.1. The predicted octanol–water partition coefficient (Wildman–Crippen LogP) is 1.92. The van der Waals surface area contributed by atoms with E-state index in [0.29, 0.717) is 12.2 Å². The number of hydrogen-bond donors (Lipinski definition) is 4. The molecule has 0 aromatic heterocycles. The fraction of sp³-hybridized carbons (Fsp3) is 0.133. The van der Waals surface area contributed by atoms with E-state index in [1.165, 1.54) is 12.1 Å². The van der Waals surface area contributed by atoms with Gasteiger partial charge in [-0.15, -0.1) is 0 Å². The summed E-state index contributed by atoms with van der Waals surface area (Å²) in [6.07, 6.45) is 0. The minimum absolute atomic E-state index is 0.0919. The Morgan fingerprint density at radius 3 is 2.70 bits per heavy atom. The van der Waals surface area contributed by atoms with Gasteiger partial charge < -0.3 is 21.3 Å². The van der Waals surface area contributed by atoms with E-state index in [1.54, 1.807) is 6.07 Å². The van der Waals surface area contributed by atoms with Gasteiger partial charge in [0.05, 0.1) is 5.56 Å².